The van der Waals surface area contributed by atoms with Gasteiger partial charge >= 0.3 is 5.97 Å². The Morgan fingerprint density at radius 2 is 1.66 bits per heavy atom. The minimum atomic E-state index is -0.787. The molecule has 3 rings (SSSR count). The van der Waals surface area contributed by atoms with Crippen molar-refractivity contribution in [2.75, 3.05) is 13.2 Å². The number of para-hydroxylation sites is 1. The van der Waals surface area contributed by atoms with Crippen molar-refractivity contribution >= 4 is 17.6 Å². The van der Waals surface area contributed by atoms with E-state index in [4.69, 9.17) is 30.9 Å². The first-order valence-corrected chi connectivity index (χ1v) is 11.0. The molecule has 0 saturated heterocycles. The fraction of sp³-hybridized carbons (Fsp3) is 0.269. The zero-order valence-electron chi connectivity index (χ0n) is 18.1. The molecule has 0 aliphatic rings. The number of aliphatic carboxylic acids is 1. The molecule has 3 aromatic rings. The molecule has 0 bridgehead atoms. The molecular formula is C26H27ClO5. The molecule has 1 N–H and O–H groups in total. The summed E-state index contributed by atoms with van der Waals surface area (Å²) in [5.41, 5.74) is 2.17. The Balaban J connectivity index is 1.50. The first-order chi connectivity index (χ1) is 15.5. The molecule has 0 aliphatic heterocycles. The maximum atomic E-state index is 10.8. The van der Waals surface area contributed by atoms with Crippen LogP contribution >= 0.6 is 11.6 Å². The van der Waals surface area contributed by atoms with E-state index in [-0.39, 0.29) is 6.42 Å². The zero-order valence-corrected chi connectivity index (χ0v) is 18.8. The lowest BCUT2D eigenvalue weighted by molar-refractivity contribution is -0.136. The van der Waals surface area contributed by atoms with E-state index in [9.17, 15) is 4.79 Å². The summed E-state index contributed by atoms with van der Waals surface area (Å²) in [4.78, 5) is 10.8. The van der Waals surface area contributed by atoms with Crippen molar-refractivity contribution in [2.45, 2.75) is 32.6 Å². The number of ether oxygens (including phenoxy) is 3. The average Bonchev–Trinajstić information content (AvgIpc) is 2.79. The largest absolute Gasteiger partial charge is 0.493 e. The average molecular weight is 455 g/mol. The van der Waals surface area contributed by atoms with Crippen molar-refractivity contribution < 1.29 is 24.1 Å². The highest BCUT2D eigenvalue weighted by Gasteiger charge is 2.09. The van der Waals surface area contributed by atoms with Crippen molar-refractivity contribution in [2.24, 2.45) is 0 Å². The van der Waals surface area contributed by atoms with Gasteiger partial charge in [-0.05, 0) is 60.4 Å². The molecule has 0 unspecified atom stereocenters. The van der Waals surface area contributed by atoms with Crippen LogP contribution in [-0.2, 0) is 17.6 Å². The number of halogens is 1. The van der Waals surface area contributed by atoms with Gasteiger partial charge < -0.3 is 19.3 Å². The molecule has 0 heterocycles. The molecular weight excluding hydrogens is 428 g/mol. The Morgan fingerprint density at radius 1 is 0.875 bits per heavy atom. The maximum absolute atomic E-state index is 10.8. The molecule has 0 aromatic heterocycles. The van der Waals surface area contributed by atoms with Gasteiger partial charge in [-0.15, -0.1) is 0 Å². The second-order valence-corrected chi connectivity index (χ2v) is 7.67. The summed E-state index contributed by atoms with van der Waals surface area (Å²) in [6, 6.07) is 20.6. The number of carbonyl (C=O) groups is 1. The number of aryl methyl sites for hydroxylation is 2. The van der Waals surface area contributed by atoms with Crippen LogP contribution in [0.15, 0.2) is 66.7 Å². The second kappa shape index (κ2) is 12.0. The van der Waals surface area contributed by atoms with Gasteiger partial charge in [-0.3, -0.25) is 4.79 Å². The molecule has 0 fully saturated rings. The third-order valence-corrected chi connectivity index (χ3v) is 5.09. The van der Waals surface area contributed by atoms with Crippen molar-refractivity contribution in [3.05, 3.63) is 82.9 Å². The van der Waals surface area contributed by atoms with Gasteiger partial charge in [0.15, 0.2) is 11.5 Å². The van der Waals surface area contributed by atoms with Gasteiger partial charge in [0.05, 0.1) is 13.2 Å². The van der Waals surface area contributed by atoms with Crippen LogP contribution in [0.25, 0.3) is 0 Å². The van der Waals surface area contributed by atoms with Crippen molar-refractivity contribution in [3.8, 4) is 23.0 Å². The van der Waals surface area contributed by atoms with Crippen molar-refractivity contribution in [1.82, 2.24) is 0 Å². The topological polar surface area (TPSA) is 65.0 Å². The van der Waals surface area contributed by atoms with Gasteiger partial charge in [0.1, 0.15) is 11.5 Å². The standard InChI is InChI=1S/C26H27ClO5/c1-2-19-17-23(12-9-20(19)10-14-26(28)29)30-15-6-16-31-24-13-11-21(27)18-25(24)32-22-7-4-3-5-8-22/h3-5,7-9,11-13,17-18H,2,6,10,14-16H2,1H3,(H,28,29). The van der Waals surface area contributed by atoms with E-state index in [1.165, 1.54) is 0 Å². The molecule has 0 saturated carbocycles. The monoisotopic (exact) mass is 454 g/mol. The third kappa shape index (κ3) is 7.20. The lowest BCUT2D eigenvalue weighted by atomic mass is 10.0. The molecule has 0 aliphatic carbocycles. The highest BCUT2D eigenvalue weighted by atomic mass is 35.5. The van der Waals surface area contributed by atoms with E-state index in [0.717, 1.165) is 23.3 Å². The van der Waals surface area contributed by atoms with Crippen LogP contribution in [0.1, 0.15) is 30.9 Å². The van der Waals surface area contributed by atoms with Crippen LogP contribution < -0.4 is 14.2 Å². The van der Waals surface area contributed by atoms with Gasteiger partial charge in [-0.1, -0.05) is 42.8 Å². The van der Waals surface area contributed by atoms with E-state index in [1.807, 2.05) is 48.5 Å². The van der Waals surface area contributed by atoms with Crippen LogP contribution in [-0.4, -0.2) is 24.3 Å². The first kappa shape index (κ1) is 23.5. The molecule has 0 amide bonds. The normalized spacial score (nSPS) is 10.6. The second-order valence-electron chi connectivity index (χ2n) is 7.23. The van der Waals surface area contributed by atoms with E-state index >= 15 is 0 Å². The molecule has 5 nitrogen and oxygen atoms in total. The molecule has 0 spiro atoms. The summed E-state index contributed by atoms with van der Waals surface area (Å²) in [6.45, 7) is 3.02. The molecule has 168 valence electrons. The SMILES string of the molecule is CCc1cc(OCCCOc2ccc(Cl)cc2Oc2ccccc2)ccc1CCC(=O)O. The summed E-state index contributed by atoms with van der Waals surface area (Å²) in [5, 5.41) is 9.47. The van der Waals surface area contributed by atoms with Crippen LogP contribution in [0, 0.1) is 0 Å². The fourth-order valence-corrected chi connectivity index (χ4v) is 3.40. The number of hydrogen-bond donors (Lipinski definition) is 1. The van der Waals surface area contributed by atoms with Gasteiger partial charge in [0.25, 0.3) is 0 Å². The number of benzene rings is 3. The summed E-state index contributed by atoms with van der Waals surface area (Å²) in [7, 11) is 0. The van der Waals surface area contributed by atoms with E-state index in [0.29, 0.717) is 48.3 Å². The Kier molecular flexibility index (Phi) is 8.81. The Bertz CT molecular complexity index is 1020. The number of rotatable bonds is 12. The lowest BCUT2D eigenvalue weighted by Gasteiger charge is -2.14. The predicted octanol–water partition coefficient (Wildman–Crippen LogP) is 6.56. The van der Waals surface area contributed by atoms with E-state index in [2.05, 4.69) is 6.92 Å². The van der Waals surface area contributed by atoms with Crippen LogP contribution in [0.3, 0.4) is 0 Å². The maximum Gasteiger partial charge on any atom is 0.303 e. The summed E-state index contributed by atoms with van der Waals surface area (Å²) in [6.07, 6.45) is 2.18. The number of carboxylic acids is 1. The Labute approximate surface area is 193 Å². The highest BCUT2D eigenvalue weighted by Crippen LogP contribution is 2.34. The van der Waals surface area contributed by atoms with Gasteiger partial charge in [-0.2, -0.15) is 0 Å². The minimum absolute atomic E-state index is 0.130. The summed E-state index contributed by atoms with van der Waals surface area (Å²) < 4.78 is 17.7. The molecule has 0 atom stereocenters. The number of hydrogen-bond acceptors (Lipinski definition) is 4. The predicted molar refractivity (Wildman–Crippen MR) is 125 cm³/mol. The van der Waals surface area contributed by atoms with E-state index < -0.39 is 5.97 Å². The van der Waals surface area contributed by atoms with Crippen molar-refractivity contribution in [1.29, 1.82) is 0 Å². The van der Waals surface area contributed by atoms with Gasteiger partial charge in [0.2, 0.25) is 0 Å². The molecule has 32 heavy (non-hydrogen) atoms. The quantitative estimate of drug-likeness (QED) is 0.314. The molecule has 0 radical (unpaired) electrons. The Hall–Kier alpha value is -3.18. The van der Waals surface area contributed by atoms with Crippen molar-refractivity contribution in [3.63, 3.8) is 0 Å². The first-order valence-electron chi connectivity index (χ1n) is 10.7. The van der Waals surface area contributed by atoms with Crippen LogP contribution in [0.2, 0.25) is 5.02 Å². The number of carboxylic acid groups (broad SMARTS) is 1. The molecule has 6 heteroatoms. The van der Waals surface area contributed by atoms with E-state index in [1.54, 1.807) is 18.2 Å². The fourth-order valence-electron chi connectivity index (χ4n) is 3.23. The van der Waals surface area contributed by atoms with Gasteiger partial charge in [-0.25, -0.2) is 0 Å². The summed E-state index contributed by atoms with van der Waals surface area (Å²) >= 11 is 6.12. The summed E-state index contributed by atoms with van der Waals surface area (Å²) in [5.74, 6) is 1.89. The zero-order chi connectivity index (χ0) is 22.8. The van der Waals surface area contributed by atoms with Gasteiger partial charge in [0, 0.05) is 23.9 Å². The van der Waals surface area contributed by atoms with Crippen LogP contribution in [0.4, 0.5) is 0 Å². The van der Waals surface area contributed by atoms with Crippen LogP contribution in [0.5, 0.6) is 23.0 Å². The molecule has 3 aromatic carbocycles. The highest BCUT2D eigenvalue weighted by molar-refractivity contribution is 6.30. The third-order valence-electron chi connectivity index (χ3n) is 4.86. The minimum Gasteiger partial charge on any atom is -0.493 e. The lowest BCUT2D eigenvalue weighted by Crippen LogP contribution is -2.06. The smallest absolute Gasteiger partial charge is 0.303 e. The Morgan fingerprint density at radius 3 is 2.41 bits per heavy atom.